The van der Waals surface area contributed by atoms with E-state index >= 15 is 0 Å². The van der Waals surface area contributed by atoms with Crippen molar-refractivity contribution in [3.8, 4) is 0 Å². The second-order valence-electron chi connectivity index (χ2n) is 15.3. The summed E-state index contributed by atoms with van der Waals surface area (Å²) in [5, 5.41) is 20.0. The molecule has 2 heterocycles. The number of thiophene rings is 1. The number of nitrogens with one attached hydrogen (secondary N) is 7. The molecule has 8 amide bonds. The number of rotatable bonds is 24. The lowest BCUT2D eigenvalue weighted by Crippen LogP contribution is -2.60. The van der Waals surface area contributed by atoms with Crippen LogP contribution in [0.15, 0.2) is 90.4 Å². The predicted octanol–water partition coefficient (Wildman–Crippen LogP) is 1.92. The lowest BCUT2D eigenvalue weighted by Gasteiger charge is -2.27. The Labute approximate surface area is 369 Å². The topological polar surface area (TPSA) is 286 Å². The van der Waals surface area contributed by atoms with Gasteiger partial charge in [-0.25, -0.2) is 4.79 Å². The fraction of sp³-hybridized carbons (Fsp3) is 0.356. The number of H-pyrrole nitrogens is 1. The number of amides is 8. The zero-order valence-corrected chi connectivity index (χ0v) is 35.9. The molecule has 0 fully saturated rings. The first-order chi connectivity index (χ1) is 30.3. The summed E-state index contributed by atoms with van der Waals surface area (Å²) in [4.78, 5) is 96.4. The molecular formula is C45H56N10O7S. The van der Waals surface area contributed by atoms with Gasteiger partial charge >= 0.3 is 6.03 Å². The van der Waals surface area contributed by atoms with Crippen molar-refractivity contribution in [3.05, 3.63) is 107 Å². The molecule has 334 valence electrons. The highest BCUT2D eigenvalue weighted by Crippen LogP contribution is 2.27. The maximum atomic E-state index is 14.7. The van der Waals surface area contributed by atoms with E-state index < -0.39 is 71.7 Å². The number of carbonyl (C=O) groups excluding carboxylic acids is 7. The van der Waals surface area contributed by atoms with E-state index in [1.54, 1.807) is 30.5 Å². The Morgan fingerprint density at radius 2 is 1.16 bits per heavy atom. The van der Waals surface area contributed by atoms with Crippen LogP contribution >= 0.6 is 11.3 Å². The van der Waals surface area contributed by atoms with Crippen molar-refractivity contribution in [2.45, 2.75) is 88.5 Å². The van der Waals surface area contributed by atoms with Gasteiger partial charge in [0.25, 0.3) is 0 Å². The number of carbonyl (C=O) groups is 7. The fourth-order valence-electron chi connectivity index (χ4n) is 7.31. The molecule has 0 aliphatic rings. The Balaban J connectivity index is 1.47. The van der Waals surface area contributed by atoms with E-state index in [2.05, 4.69) is 36.9 Å². The van der Waals surface area contributed by atoms with Gasteiger partial charge in [0.05, 0.1) is 0 Å². The fourth-order valence-corrected chi connectivity index (χ4v) is 8.28. The molecule has 5 atom stereocenters. The molecule has 0 radical (unpaired) electrons. The average Bonchev–Trinajstić information content (AvgIpc) is 3.87. The van der Waals surface area contributed by atoms with Gasteiger partial charge in [-0.2, -0.15) is 0 Å². The second kappa shape index (κ2) is 23.4. The molecule has 0 aliphatic heterocycles. The summed E-state index contributed by atoms with van der Waals surface area (Å²) < 4.78 is 0.966. The zero-order valence-electron chi connectivity index (χ0n) is 35.1. The van der Waals surface area contributed by atoms with Crippen molar-refractivity contribution in [2.24, 2.45) is 17.2 Å². The minimum absolute atomic E-state index is 0.0201. The summed E-state index contributed by atoms with van der Waals surface area (Å²) >= 11 is 1.47. The number of fused-ring (bicyclic) bond motifs is 2. The summed E-state index contributed by atoms with van der Waals surface area (Å²) in [7, 11) is 0. The smallest absolute Gasteiger partial charge is 0.312 e. The molecule has 63 heavy (non-hydrogen) atoms. The van der Waals surface area contributed by atoms with Crippen LogP contribution in [0.5, 0.6) is 0 Å². The first kappa shape index (κ1) is 47.3. The van der Waals surface area contributed by atoms with Crippen molar-refractivity contribution in [1.29, 1.82) is 0 Å². The van der Waals surface area contributed by atoms with E-state index in [4.69, 9.17) is 17.2 Å². The number of para-hydroxylation sites is 1. The predicted molar refractivity (Wildman–Crippen MR) is 242 cm³/mol. The zero-order chi connectivity index (χ0) is 45.3. The molecule has 18 heteroatoms. The van der Waals surface area contributed by atoms with Gasteiger partial charge < -0.3 is 54.1 Å². The van der Waals surface area contributed by atoms with E-state index in [0.717, 1.165) is 32.1 Å². The van der Waals surface area contributed by atoms with Gasteiger partial charge in [0, 0.05) is 54.5 Å². The highest BCUT2D eigenvalue weighted by Gasteiger charge is 2.33. The number of aromatic nitrogens is 1. The number of hydrogen-bond donors (Lipinski definition) is 10. The summed E-state index contributed by atoms with van der Waals surface area (Å²) in [5.41, 5.74) is 19.5. The summed E-state index contributed by atoms with van der Waals surface area (Å²) in [5.74, 6) is -3.92. The van der Waals surface area contributed by atoms with Crippen LogP contribution in [-0.2, 0) is 48.0 Å². The largest absolute Gasteiger partial charge is 0.368 e. The Hall–Kier alpha value is -6.79. The second-order valence-corrected chi connectivity index (χ2v) is 16.2. The van der Waals surface area contributed by atoms with Crippen molar-refractivity contribution < 1.29 is 33.6 Å². The van der Waals surface area contributed by atoms with Crippen LogP contribution in [0.4, 0.5) is 4.79 Å². The first-order valence-electron chi connectivity index (χ1n) is 20.9. The summed E-state index contributed by atoms with van der Waals surface area (Å²) in [6.45, 7) is 1.81. The quantitative estimate of drug-likeness (QED) is 0.0408. The Bertz CT molecular complexity index is 2370. The monoisotopic (exact) mass is 880 g/mol. The standard InChI is InChI=1S/C45H56N10O7S/c1-27(56)51-35(18-11-21-49-45(48)62)41(58)54-38(24-30-26-63-39-19-8-6-15-32(30)39)44(61)55-37(23-29-25-50-33-16-7-5-14-31(29)33)43(60)53-36(22-28-12-3-2-4-13-28)42(59)52-34(40(47)57)17-9-10-20-46/h2-8,12-16,19,25-26,34-38,50H,9-11,17-18,20-24,46H2,1H3,(H2,47,57)(H,51,56)(H,52,59)(H,53,60)(H,54,58)(H,55,61)(H3,48,49,62)/t34-,35-,36+,37-,38-/m1/s1. The molecule has 3 aromatic carbocycles. The van der Waals surface area contributed by atoms with Crippen molar-refractivity contribution in [2.75, 3.05) is 13.1 Å². The lowest BCUT2D eigenvalue weighted by molar-refractivity contribution is -0.135. The molecule has 0 saturated carbocycles. The molecule has 0 bridgehead atoms. The molecule has 0 unspecified atom stereocenters. The van der Waals surface area contributed by atoms with Gasteiger partial charge in [-0.3, -0.25) is 28.8 Å². The van der Waals surface area contributed by atoms with E-state index in [9.17, 15) is 33.6 Å². The maximum Gasteiger partial charge on any atom is 0.312 e. The van der Waals surface area contributed by atoms with Gasteiger partial charge in [-0.15, -0.1) is 11.3 Å². The molecule has 0 saturated heterocycles. The number of primary amides is 2. The average molecular weight is 881 g/mol. The number of urea groups is 1. The van der Waals surface area contributed by atoms with Crippen molar-refractivity contribution in [1.82, 2.24) is 36.9 Å². The third kappa shape index (κ3) is 14.1. The lowest BCUT2D eigenvalue weighted by atomic mass is 10.00. The normalized spacial score (nSPS) is 13.5. The number of nitrogens with two attached hydrogens (primary N) is 3. The maximum absolute atomic E-state index is 14.7. The number of aromatic amines is 1. The van der Waals surface area contributed by atoms with Crippen LogP contribution in [0.3, 0.4) is 0 Å². The molecular weight excluding hydrogens is 825 g/mol. The van der Waals surface area contributed by atoms with Gasteiger partial charge in [0.1, 0.15) is 30.2 Å². The van der Waals surface area contributed by atoms with Crippen LogP contribution in [0.25, 0.3) is 21.0 Å². The minimum atomic E-state index is -1.29. The molecule has 5 aromatic rings. The molecule has 0 aliphatic carbocycles. The molecule has 17 nitrogen and oxygen atoms in total. The van der Waals surface area contributed by atoms with Crippen LogP contribution in [0.1, 0.15) is 55.7 Å². The summed E-state index contributed by atoms with van der Waals surface area (Å²) in [6, 6.07) is 17.5. The number of hydrogen-bond acceptors (Lipinski definition) is 9. The van der Waals surface area contributed by atoms with E-state index in [1.807, 2.05) is 60.0 Å². The third-order valence-corrected chi connectivity index (χ3v) is 11.5. The third-order valence-electron chi connectivity index (χ3n) is 10.5. The van der Waals surface area contributed by atoms with E-state index in [-0.39, 0.29) is 45.1 Å². The van der Waals surface area contributed by atoms with Gasteiger partial charge in [0.15, 0.2) is 0 Å². The molecule has 2 aromatic heterocycles. The van der Waals surface area contributed by atoms with E-state index in [0.29, 0.717) is 24.9 Å². The van der Waals surface area contributed by atoms with Crippen molar-refractivity contribution in [3.63, 3.8) is 0 Å². The first-order valence-corrected chi connectivity index (χ1v) is 21.8. The minimum Gasteiger partial charge on any atom is -0.368 e. The highest BCUT2D eigenvalue weighted by molar-refractivity contribution is 7.17. The van der Waals surface area contributed by atoms with E-state index in [1.165, 1.54) is 18.3 Å². The Kier molecular flexibility index (Phi) is 17.6. The molecule has 0 spiro atoms. The summed E-state index contributed by atoms with van der Waals surface area (Å²) in [6.07, 6.45) is 3.60. The Morgan fingerprint density at radius 3 is 1.79 bits per heavy atom. The van der Waals surface area contributed by atoms with Crippen LogP contribution in [0, 0.1) is 0 Å². The van der Waals surface area contributed by atoms with Crippen LogP contribution in [0.2, 0.25) is 0 Å². The van der Waals surface area contributed by atoms with Crippen molar-refractivity contribution >= 4 is 73.8 Å². The number of unbranched alkanes of at least 4 members (excludes halogenated alkanes) is 1. The molecule has 13 N–H and O–H groups in total. The van der Waals surface area contributed by atoms with Gasteiger partial charge in [0.2, 0.25) is 35.4 Å². The Morgan fingerprint density at radius 1 is 0.603 bits per heavy atom. The van der Waals surface area contributed by atoms with Gasteiger partial charge in [-0.1, -0.05) is 66.7 Å². The SMILES string of the molecule is CC(=O)N[C@H](CCCNC(N)=O)C(=O)N[C@H](Cc1csc2ccccc12)C(=O)N[C@H](Cc1c[nH]c2ccccc12)C(=O)N[C@@H](Cc1ccccc1)C(=O)N[C@H](CCCCN)C(N)=O. The van der Waals surface area contributed by atoms with Gasteiger partial charge in [-0.05, 0) is 78.2 Å². The van der Waals surface area contributed by atoms with Crippen LogP contribution < -0.4 is 49.1 Å². The number of benzene rings is 3. The highest BCUT2D eigenvalue weighted by atomic mass is 32.1. The van der Waals surface area contributed by atoms with Crippen LogP contribution in [-0.4, -0.2) is 89.8 Å². The molecule has 5 rings (SSSR count).